The van der Waals surface area contributed by atoms with Crippen molar-refractivity contribution in [2.24, 2.45) is 0 Å². The number of anilines is 3. The van der Waals surface area contributed by atoms with Crippen molar-refractivity contribution >= 4 is 67.2 Å². The molecular formula is C48H40N3O13S2-. The number of para-hydroxylation sites is 3. The number of carboxylic acid groups (broad SMARTS) is 1. The Morgan fingerprint density at radius 2 is 1.21 bits per heavy atom. The second-order valence-electron chi connectivity index (χ2n) is 14.1. The first-order valence-electron chi connectivity index (χ1n) is 20.1. The van der Waals surface area contributed by atoms with Gasteiger partial charge < -0.3 is 33.3 Å². The van der Waals surface area contributed by atoms with Crippen molar-refractivity contribution in [1.82, 2.24) is 4.98 Å². The summed E-state index contributed by atoms with van der Waals surface area (Å²) in [6, 6.07) is 40.0. The number of rotatable bonds is 21. The molecule has 0 amide bonds. The van der Waals surface area contributed by atoms with Gasteiger partial charge in [0.25, 0.3) is 10.0 Å². The highest BCUT2D eigenvalue weighted by Gasteiger charge is 2.20. The van der Waals surface area contributed by atoms with E-state index in [2.05, 4.69) is 9.71 Å². The Morgan fingerprint density at radius 3 is 1.82 bits per heavy atom. The Morgan fingerprint density at radius 1 is 0.652 bits per heavy atom. The number of pyridine rings is 1. The number of nitrogens with zero attached hydrogens (tertiary/aromatic N) is 2. The quantitative estimate of drug-likeness (QED) is 0.0310. The van der Waals surface area contributed by atoms with Crippen LogP contribution in [0.5, 0.6) is 23.0 Å². The van der Waals surface area contributed by atoms with Crippen LogP contribution in [0.2, 0.25) is 0 Å². The van der Waals surface area contributed by atoms with Crippen molar-refractivity contribution < 1.29 is 60.4 Å². The summed E-state index contributed by atoms with van der Waals surface area (Å²) in [5.41, 5.74) is 2.51. The van der Waals surface area contributed by atoms with E-state index in [0.717, 1.165) is 9.69 Å². The minimum atomic E-state index is -4.07. The van der Waals surface area contributed by atoms with Crippen molar-refractivity contribution in [1.29, 1.82) is 0 Å². The van der Waals surface area contributed by atoms with E-state index in [0.29, 0.717) is 51.0 Å². The minimum Gasteiger partial charge on any atom is -0.755 e. The van der Waals surface area contributed by atoms with Crippen LogP contribution in [-0.4, -0.2) is 71.6 Å². The van der Waals surface area contributed by atoms with E-state index < -0.39 is 39.2 Å². The molecule has 1 heterocycles. The molecule has 0 radical (unpaired) electrons. The third-order valence-corrected chi connectivity index (χ3v) is 11.7. The fraction of sp³-hybridized carbons (Fsp3) is 0.125. The van der Waals surface area contributed by atoms with Gasteiger partial charge >= 0.3 is 17.9 Å². The van der Waals surface area contributed by atoms with E-state index in [1.807, 2.05) is 12.1 Å². The van der Waals surface area contributed by atoms with Gasteiger partial charge in [0.05, 0.1) is 51.5 Å². The lowest BCUT2D eigenvalue weighted by Gasteiger charge is -2.27. The monoisotopic (exact) mass is 930 g/mol. The number of hydrogen-bond acceptors (Lipinski definition) is 13. The van der Waals surface area contributed by atoms with Crippen molar-refractivity contribution in [3.05, 3.63) is 175 Å². The molecule has 0 spiro atoms. The largest absolute Gasteiger partial charge is 0.755 e. The third-order valence-electron chi connectivity index (χ3n) is 9.60. The number of carboxylic acids is 1. The van der Waals surface area contributed by atoms with Crippen LogP contribution in [0.15, 0.2) is 163 Å². The van der Waals surface area contributed by atoms with E-state index in [4.69, 9.17) is 28.8 Å². The molecule has 0 aliphatic rings. The number of sulfonamides is 1. The fourth-order valence-corrected chi connectivity index (χ4v) is 8.22. The molecule has 338 valence electrons. The molecule has 7 rings (SSSR count). The normalized spacial score (nSPS) is 11.5. The summed E-state index contributed by atoms with van der Waals surface area (Å²) in [5, 5.41) is 9.89. The van der Waals surface area contributed by atoms with Crippen LogP contribution in [0.3, 0.4) is 0 Å². The highest BCUT2D eigenvalue weighted by atomic mass is 32.2. The Labute approximate surface area is 381 Å². The maximum Gasteiger partial charge on any atom is 0.345 e. The van der Waals surface area contributed by atoms with Crippen LogP contribution in [0.1, 0.15) is 21.5 Å². The summed E-state index contributed by atoms with van der Waals surface area (Å²) in [6.45, 7) is 0.488. The van der Waals surface area contributed by atoms with E-state index >= 15 is 0 Å². The summed E-state index contributed by atoms with van der Waals surface area (Å²) in [4.78, 5) is 41.0. The fourth-order valence-electron chi connectivity index (χ4n) is 6.56. The molecule has 6 aromatic carbocycles. The third kappa shape index (κ3) is 12.3. The van der Waals surface area contributed by atoms with Gasteiger partial charge in [0, 0.05) is 28.4 Å². The van der Waals surface area contributed by atoms with E-state index in [9.17, 15) is 31.6 Å². The van der Waals surface area contributed by atoms with Crippen LogP contribution in [0.4, 0.5) is 17.1 Å². The predicted octanol–water partition coefficient (Wildman–Crippen LogP) is 7.44. The zero-order chi connectivity index (χ0) is 46.5. The molecule has 18 heteroatoms. The van der Waals surface area contributed by atoms with Crippen molar-refractivity contribution in [3.8, 4) is 23.0 Å². The maximum atomic E-state index is 13.1. The van der Waals surface area contributed by atoms with Crippen LogP contribution < -0.4 is 28.0 Å². The molecule has 0 aliphatic heterocycles. The smallest absolute Gasteiger partial charge is 0.345 e. The van der Waals surface area contributed by atoms with Crippen molar-refractivity contribution in [3.63, 3.8) is 0 Å². The zero-order valence-corrected chi connectivity index (χ0v) is 36.4. The van der Waals surface area contributed by atoms with Gasteiger partial charge in [-0.25, -0.2) is 13.2 Å². The van der Waals surface area contributed by atoms with Gasteiger partial charge in [-0.3, -0.25) is 27.8 Å². The second-order valence-corrected chi connectivity index (χ2v) is 16.6. The molecule has 7 aromatic rings. The maximum absolute atomic E-state index is 13.1. The molecule has 1 unspecified atom stereocenters. The summed E-state index contributed by atoms with van der Waals surface area (Å²) >= 11 is -2.64. The Balaban J connectivity index is 0.851. The molecule has 0 fully saturated rings. The van der Waals surface area contributed by atoms with Crippen molar-refractivity contribution in [2.45, 2.75) is 17.7 Å². The lowest BCUT2D eigenvalue weighted by molar-refractivity contribution is -0.137. The average molecular weight is 931 g/mol. The zero-order valence-electron chi connectivity index (χ0n) is 34.8. The Bertz CT molecular complexity index is 2950. The summed E-state index contributed by atoms with van der Waals surface area (Å²) in [5.74, 6) is -1.09. The van der Waals surface area contributed by atoms with Crippen molar-refractivity contribution in [2.75, 3.05) is 35.5 Å². The highest BCUT2D eigenvalue weighted by molar-refractivity contribution is 7.92. The number of hydrogen-bond donors (Lipinski definition) is 2. The molecule has 66 heavy (non-hydrogen) atoms. The van der Waals surface area contributed by atoms with E-state index in [1.165, 1.54) is 36.4 Å². The molecular weight excluding hydrogens is 891 g/mol. The number of carbonyl (C=O) groups excluding carboxylic acids is 2. The summed E-state index contributed by atoms with van der Waals surface area (Å²) in [6.07, 6.45) is 1.12. The minimum absolute atomic E-state index is 0.0487. The van der Waals surface area contributed by atoms with Crippen LogP contribution >= 0.6 is 0 Å². The molecule has 16 nitrogen and oxygen atoms in total. The highest BCUT2D eigenvalue weighted by Crippen LogP contribution is 2.33. The van der Waals surface area contributed by atoms with Crippen LogP contribution in [-0.2, 0) is 48.5 Å². The SMILES string of the molecule is O=C(O)Cc1ccccc1OCCOc1ccc(NS(=O)(=O)c2ccc(C(=O)OC(=O)Cc3ccccc3OCCOc3ccc(N(c4cccc5cccnc45)S(=O)[O-])cc3)cc2)cc1. The number of ether oxygens (including phenoxy) is 5. The van der Waals surface area contributed by atoms with Gasteiger partial charge in [0.15, 0.2) is 0 Å². The number of aromatic nitrogens is 1. The van der Waals surface area contributed by atoms with Crippen LogP contribution in [0, 0.1) is 0 Å². The molecule has 1 atom stereocenters. The number of aliphatic carboxylic acids is 1. The lowest BCUT2D eigenvalue weighted by atomic mass is 10.1. The lowest BCUT2D eigenvalue weighted by Crippen LogP contribution is -2.20. The first-order chi connectivity index (χ1) is 31.9. The molecule has 1 aromatic heterocycles. The van der Waals surface area contributed by atoms with E-state index in [1.54, 1.807) is 109 Å². The molecule has 2 N–H and O–H groups in total. The predicted molar refractivity (Wildman–Crippen MR) is 243 cm³/mol. The first kappa shape index (κ1) is 46.2. The number of esters is 2. The molecule has 0 aliphatic carbocycles. The van der Waals surface area contributed by atoms with E-state index in [-0.39, 0.29) is 55.4 Å². The second kappa shape index (κ2) is 21.7. The van der Waals surface area contributed by atoms with Gasteiger partial charge in [-0.15, -0.1) is 0 Å². The van der Waals surface area contributed by atoms with Gasteiger partial charge in [-0.2, -0.15) is 0 Å². The summed E-state index contributed by atoms with van der Waals surface area (Å²) in [7, 11) is -4.07. The van der Waals surface area contributed by atoms with Gasteiger partial charge in [0.1, 0.15) is 49.4 Å². The van der Waals surface area contributed by atoms with Gasteiger partial charge in [-0.05, 0) is 97.1 Å². The standard InChI is InChI=1S/C48H41N3O13S2/c52-45(53)31-35-7-1-3-12-43(35)62-29-27-60-39-20-16-37(17-21-39)50-66(58,59)41-24-14-34(15-25-41)48(55)64-46(54)32-36-8-2-4-13-44(36)63-30-28-61-40-22-18-38(19-23-40)51(65(56)57)42-11-5-9-33-10-6-26-49-47(33)42/h1-26,50H,27-32H2,(H,52,53)(H,56,57)/p-1. The number of nitrogens with one attached hydrogen (secondary N) is 1. The first-order valence-corrected chi connectivity index (χ1v) is 22.6. The molecule has 0 saturated carbocycles. The molecule has 0 saturated heterocycles. The summed E-state index contributed by atoms with van der Waals surface area (Å²) < 4.78 is 82.6. The molecule has 0 bridgehead atoms. The topological polar surface area (TPSA) is 220 Å². The van der Waals surface area contributed by atoms with Crippen LogP contribution in [0.25, 0.3) is 10.9 Å². The Kier molecular flexibility index (Phi) is 15.2. The Hall–Kier alpha value is -7.80. The van der Waals surface area contributed by atoms with Gasteiger partial charge in [-0.1, -0.05) is 54.6 Å². The number of carbonyl (C=O) groups is 3. The number of benzene rings is 6. The average Bonchev–Trinajstić information content (AvgIpc) is 3.31. The van der Waals surface area contributed by atoms with Gasteiger partial charge in [0.2, 0.25) is 0 Å². The number of fused-ring (bicyclic) bond motifs is 1.